The minimum Gasteiger partial charge on any atom is -0.378 e. The Kier molecular flexibility index (Phi) is 7.18. The zero-order chi connectivity index (χ0) is 21.0. The topological polar surface area (TPSA) is 72.3 Å². The molecule has 1 unspecified atom stereocenters. The van der Waals surface area contributed by atoms with Crippen molar-refractivity contribution in [2.75, 3.05) is 36.5 Å². The summed E-state index contributed by atoms with van der Waals surface area (Å²) in [5, 5.41) is 12.4. The SMILES string of the molecule is Cc1ccc(C)c(NC(=O)C(C)Sc2nnc(N3CCOCC3)n2CC(C)C)c1. The highest BCUT2D eigenvalue weighted by molar-refractivity contribution is 8.00. The Balaban J connectivity index is 1.74. The molecule has 1 aromatic carbocycles. The minimum atomic E-state index is -0.289. The van der Waals surface area contributed by atoms with Crippen LogP contribution in [0.15, 0.2) is 23.4 Å². The van der Waals surface area contributed by atoms with Crippen molar-refractivity contribution >= 4 is 29.3 Å². The number of carbonyl (C=O) groups excluding carboxylic acids is 1. The smallest absolute Gasteiger partial charge is 0.237 e. The first kappa shape index (κ1) is 21.6. The number of carbonyl (C=O) groups is 1. The van der Waals surface area contributed by atoms with E-state index in [1.54, 1.807) is 0 Å². The van der Waals surface area contributed by atoms with Crippen LogP contribution in [-0.2, 0) is 16.1 Å². The van der Waals surface area contributed by atoms with Crippen molar-refractivity contribution in [3.8, 4) is 0 Å². The van der Waals surface area contributed by atoms with Crippen LogP contribution in [-0.4, -0.2) is 52.2 Å². The van der Waals surface area contributed by atoms with Gasteiger partial charge in [-0.3, -0.25) is 9.36 Å². The van der Waals surface area contributed by atoms with Gasteiger partial charge in [-0.1, -0.05) is 37.7 Å². The number of hydrogen-bond acceptors (Lipinski definition) is 6. The number of anilines is 2. The third kappa shape index (κ3) is 5.51. The number of rotatable bonds is 7. The minimum absolute atomic E-state index is 0.0317. The molecule has 0 radical (unpaired) electrons. The van der Waals surface area contributed by atoms with Crippen molar-refractivity contribution in [3.05, 3.63) is 29.3 Å². The maximum absolute atomic E-state index is 12.8. The molecule has 2 aromatic rings. The number of thioether (sulfide) groups is 1. The van der Waals surface area contributed by atoms with Gasteiger partial charge in [0.15, 0.2) is 5.16 Å². The molecule has 1 aliphatic rings. The highest BCUT2D eigenvalue weighted by atomic mass is 32.2. The lowest BCUT2D eigenvalue weighted by atomic mass is 10.1. The summed E-state index contributed by atoms with van der Waals surface area (Å²) < 4.78 is 7.60. The number of hydrogen-bond donors (Lipinski definition) is 1. The van der Waals surface area contributed by atoms with Crippen LogP contribution in [0, 0.1) is 19.8 Å². The molecule has 0 spiro atoms. The van der Waals surface area contributed by atoms with E-state index >= 15 is 0 Å². The molecule has 1 aliphatic heterocycles. The van der Waals surface area contributed by atoms with E-state index in [1.807, 2.05) is 39.0 Å². The van der Waals surface area contributed by atoms with Gasteiger partial charge in [0.05, 0.1) is 18.5 Å². The monoisotopic (exact) mass is 417 g/mol. The average Bonchev–Trinajstić information content (AvgIpc) is 3.07. The first-order valence-electron chi connectivity index (χ1n) is 10.2. The van der Waals surface area contributed by atoms with Gasteiger partial charge in [-0.2, -0.15) is 0 Å². The molecule has 1 saturated heterocycles. The Morgan fingerprint density at radius 1 is 1.21 bits per heavy atom. The second-order valence-electron chi connectivity index (χ2n) is 7.95. The van der Waals surface area contributed by atoms with Crippen LogP contribution in [0.25, 0.3) is 0 Å². The fraction of sp³-hybridized carbons (Fsp3) is 0.571. The van der Waals surface area contributed by atoms with Crippen LogP contribution in [0.5, 0.6) is 0 Å². The van der Waals surface area contributed by atoms with Crippen molar-refractivity contribution in [1.29, 1.82) is 0 Å². The van der Waals surface area contributed by atoms with Gasteiger partial charge < -0.3 is 15.0 Å². The summed E-state index contributed by atoms with van der Waals surface area (Å²) >= 11 is 1.45. The van der Waals surface area contributed by atoms with Gasteiger partial charge in [0.2, 0.25) is 11.9 Å². The van der Waals surface area contributed by atoms with Gasteiger partial charge in [0, 0.05) is 25.3 Å². The predicted octanol–water partition coefficient (Wildman–Crippen LogP) is 3.51. The van der Waals surface area contributed by atoms with E-state index in [4.69, 9.17) is 4.74 Å². The van der Waals surface area contributed by atoms with E-state index in [9.17, 15) is 4.79 Å². The quantitative estimate of drug-likeness (QED) is 0.695. The van der Waals surface area contributed by atoms with Crippen LogP contribution in [0.2, 0.25) is 0 Å². The van der Waals surface area contributed by atoms with E-state index in [1.165, 1.54) is 11.8 Å². The summed E-state index contributed by atoms with van der Waals surface area (Å²) in [5.74, 6) is 1.28. The van der Waals surface area contributed by atoms with Gasteiger partial charge >= 0.3 is 0 Å². The van der Waals surface area contributed by atoms with Crippen LogP contribution < -0.4 is 10.2 Å². The number of nitrogens with one attached hydrogen (secondary N) is 1. The molecule has 1 atom stereocenters. The van der Waals surface area contributed by atoms with E-state index in [2.05, 4.69) is 38.8 Å². The average molecular weight is 418 g/mol. The lowest BCUT2D eigenvalue weighted by Crippen LogP contribution is -2.38. The van der Waals surface area contributed by atoms with Gasteiger partial charge in [-0.25, -0.2) is 0 Å². The molecule has 7 nitrogen and oxygen atoms in total. The summed E-state index contributed by atoms with van der Waals surface area (Å²) in [4.78, 5) is 15.0. The number of ether oxygens (including phenoxy) is 1. The lowest BCUT2D eigenvalue weighted by Gasteiger charge is -2.28. The molecule has 1 aromatic heterocycles. The third-order valence-corrected chi connectivity index (χ3v) is 5.92. The molecule has 158 valence electrons. The Bertz CT molecular complexity index is 846. The molecule has 0 bridgehead atoms. The van der Waals surface area contributed by atoms with Gasteiger partial charge in [-0.05, 0) is 43.9 Å². The van der Waals surface area contributed by atoms with Crippen molar-refractivity contribution < 1.29 is 9.53 Å². The number of aryl methyl sites for hydroxylation is 2. The molecule has 2 heterocycles. The fourth-order valence-electron chi connectivity index (χ4n) is 3.21. The third-order valence-electron chi connectivity index (χ3n) is 4.84. The standard InChI is InChI=1S/C21H31N5O2S/c1-14(2)13-26-20(25-8-10-28-11-9-25)23-24-21(26)29-17(5)19(27)22-18-12-15(3)6-7-16(18)4/h6-7,12,14,17H,8-11,13H2,1-5H3,(H,22,27). The highest BCUT2D eigenvalue weighted by Crippen LogP contribution is 2.28. The van der Waals surface area contributed by atoms with E-state index in [0.29, 0.717) is 19.1 Å². The second-order valence-corrected chi connectivity index (χ2v) is 9.26. The molecule has 0 aliphatic carbocycles. The molecular weight excluding hydrogens is 386 g/mol. The molecular formula is C21H31N5O2S. The molecule has 3 rings (SSSR count). The maximum atomic E-state index is 12.8. The molecule has 1 N–H and O–H groups in total. The largest absolute Gasteiger partial charge is 0.378 e. The van der Waals surface area contributed by atoms with Gasteiger partial charge in [0.1, 0.15) is 0 Å². The molecule has 1 amide bonds. The Morgan fingerprint density at radius 3 is 2.62 bits per heavy atom. The Morgan fingerprint density at radius 2 is 1.93 bits per heavy atom. The normalized spacial score (nSPS) is 15.6. The van der Waals surface area contributed by atoms with Crippen molar-refractivity contribution in [2.45, 2.75) is 51.6 Å². The molecule has 8 heteroatoms. The summed E-state index contributed by atoms with van der Waals surface area (Å²) in [6.45, 7) is 14.1. The van der Waals surface area contributed by atoms with Crippen molar-refractivity contribution in [2.24, 2.45) is 5.92 Å². The summed E-state index contributed by atoms with van der Waals surface area (Å²) in [6.07, 6.45) is 0. The summed E-state index contributed by atoms with van der Waals surface area (Å²) in [5.41, 5.74) is 3.04. The Hall–Kier alpha value is -2.06. The number of morpholine rings is 1. The highest BCUT2D eigenvalue weighted by Gasteiger charge is 2.24. The summed E-state index contributed by atoms with van der Waals surface area (Å²) in [7, 11) is 0. The van der Waals surface area contributed by atoms with Crippen LogP contribution >= 0.6 is 11.8 Å². The summed E-state index contributed by atoms with van der Waals surface area (Å²) in [6, 6.07) is 6.07. The van der Waals surface area contributed by atoms with Gasteiger partial charge in [0.25, 0.3) is 0 Å². The van der Waals surface area contributed by atoms with Crippen LogP contribution in [0.1, 0.15) is 31.9 Å². The number of nitrogens with zero attached hydrogens (tertiary/aromatic N) is 4. The van der Waals surface area contributed by atoms with E-state index < -0.39 is 0 Å². The van der Waals surface area contributed by atoms with Crippen LogP contribution in [0.3, 0.4) is 0 Å². The first-order chi connectivity index (χ1) is 13.8. The predicted molar refractivity (Wildman–Crippen MR) is 118 cm³/mol. The molecule has 29 heavy (non-hydrogen) atoms. The number of amides is 1. The molecule has 1 fully saturated rings. The van der Waals surface area contributed by atoms with Crippen molar-refractivity contribution in [1.82, 2.24) is 14.8 Å². The zero-order valence-corrected chi connectivity index (χ0v) is 18.8. The lowest BCUT2D eigenvalue weighted by molar-refractivity contribution is -0.115. The fourth-order valence-corrected chi connectivity index (χ4v) is 4.06. The maximum Gasteiger partial charge on any atom is 0.237 e. The number of benzene rings is 1. The van der Waals surface area contributed by atoms with Crippen LogP contribution in [0.4, 0.5) is 11.6 Å². The van der Waals surface area contributed by atoms with E-state index in [-0.39, 0.29) is 11.2 Å². The first-order valence-corrected chi connectivity index (χ1v) is 11.0. The van der Waals surface area contributed by atoms with Gasteiger partial charge in [-0.15, -0.1) is 10.2 Å². The second kappa shape index (κ2) is 9.63. The molecule has 0 saturated carbocycles. The van der Waals surface area contributed by atoms with Crippen molar-refractivity contribution in [3.63, 3.8) is 0 Å². The zero-order valence-electron chi connectivity index (χ0n) is 17.9. The number of aromatic nitrogens is 3. The van der Waals surface area contributed by atoms with E-state index in [0.717, 1.165) is 47.6 Å². The Labute approximate surface area is 177 Å².